The normalized spacial score (nSPS) is 12.9. The van der Waals surface area contributed by atoms with E-state index in [1.54, 1.807) is 12.3 Å². The van der Waals surface area contributed by atoms with Crippen LogP contribution in [0.1, 0.15) is 22.9 Å². The molecule has 0 aliphatic rings. The van der Waals surface area contributed by atoms with Gasteiger partial charge in [0.15, 0.2) is 0 Å². The monoisotopic (exact) mass is 296 g/mol. The molecule has 20 heavy (non-hydrogen) atoms. The molecule has 1 aromatic heterocycles. The van der Waals surface area contributed by atoms with Crippen molar-refractivity contribution in [3.63, 3.8) is 0 Å². The van der Waals surface area contributed by atoms with Crippen LogP contribution in [0.2, 0.25) is 5.02 Å². The maximum Gasteiger partial charge on any atom is 0.142 e. The van der Waals surface area contributed by atoms with Crippen molar-refractivity contribution < 1.29 is 8.81 Å². The van der Waals surface area contributed by atoms with Gasteiger partial charge in [-0.15, -0.1) is 0 Å². The smallest absolute Gasteiger partial charge is 0.142 e. The molecular weight excluding hydrogens is 279 g/mol. The van der Waals surface area contributed by atoms with Gasteiger partial charge in [0.25, 0.3) is 0 Å². The minimum Gasteiger partial charge on any atom is -0.469 e. The lowest BCUT2D eigenvalue weighted by Crippen LogP contribution is -2.30. The minimum absolute atomic E-state index is 0.0731. The average Bonchev–Trinajstić information content (AvgIpc) is 2.80. The molecule has 2 N–H and O–H groups in total. The minimum atomic E-state index is -0.421. The van der Waals surface area contributed by atoms with Gasteiger partial charge in [0.2, 0.25) is 0 Å². The van der Waals surface area contributed by atoms with Crippen LogP contribution in [0.15, 0.2) is 34.9 Å². The van der Waals surface area contributed by atoms with Crippen molar-refractivity contribution >= 4 is 11.6 Å². The summed E-state index contributed by atoms with van der Waals surface area (Å²) in [5, 5.41) is 0.123. The Labute approximate surface area is 123 Å². The molecule has 0 bridgehead atoms. The van der Waals surface area contributed by atoms with E-state index in [9.17, 15) is 4.39 Å². The van der Waals surface area contributed by atoms with E-state index >= 15 is 0 Å². The molecule has 0 radical (unpaired) electrons. The van der Waals surface area contributed by atoms with Gasteiger partial charge in [-0.05, 0) is 37.7 Å². The fourth-order valence-electron chi connectivity index (χ4n) is 2.24. The van der Waals surface area contributed by atoms with E-state index in [1.165, 1.54) is 6.07 Å². The Morgan fingerprint density at radius 3 is 2.70 bits per heavy atom. The van der Waals surface area contributed by atoms with Gasteiger partial charge in [-0.25, -0.2) is 4.39 Å². The molecule has 0 saturated carbocycles. The molecule has 0 spiro atoms. The van der Waals surface area contributed by atoms with Crippen molar-refractivity contribution in [3.8, 4) is 0 Å². The van der Waals surface area contributed by atoms with E-state index in [0.717, 1.165) is 16.9 Å². The number of hydrogen-bond donors (Lipinski definition) is 1. The number of likely N-dealkylation sites (N-methyl/N-ethyl adjacent to an activating group) is 1. The molecular formula is C15H18ClFN2O. The quantitative estimate of drug-likeness (QED) is 0.918. The molecule has 2 rings (SSSR count). The van der Waals surface area contributed by atoms with E-state index in [1.807, 2.05) is 26.1 Å². The van der Waals surface area contributed by atoms with Gasteiger partial charge in [-0.1, -0.05) is 17.7 Å². The number of benzene rings is 1. The molecule has 1 aromatic carbocycles. The van der Waals surface area contributed by atoms with Gasteiger partial charge in [0, 0.05) is 24.7 Å². The second-order valence-corrected chi connectivity index (χ2v) is 5.25. The highest BCUT2D eigenvalue weighted by Gasteiger charge is 2.18. The van der Waals surface area contributed by atoms with E-state index in [0.29, 0.717) is 13.1 Å². The van der Waals surface area contributed by atoms with Crippen LogP contribution in [0.5, 0.6) is 0 Å². The van der Waals surface area contributed by atoms with Crippen LogP contribution in [0.3, 0.4) is 0 Å². The topological polar surface area (TPSA) is 42.4 Å². The maximum atomic E-state index is 13.6. The summed E-state index contributed by atoms with van der Waals surface area (Å²) in [6, 6.07) is 6.67. The molecule has 108 valence electrons. The van der Waals surface area contributed by atoms with E-state index in [2.05, 4.69) is 4.90 Å². The van der Waals surface area contributed by atoms with Gasteiger partial charge in [0.05, 0.1) is 11.3 Å². The Morgan fingerprint density at radius 1 is 1.40 bits per heavy atom. The summed E-state index contributed by atoms with van der Waals surface area (Å²) in [7, 11) is 1.95. The zero-order chi connectivity index (χ0) is 14.7. The SMILES string of the molecule is Cc1occc1CN(C)C(CN)c1ccc(Cl)c(F)c1. The number of furan rings is 1. The molecule has 1 unspecified atom stereocenters. The Kier molecular flexibility index (Phi) is 4.81. The first kappa shape index (κ1) is 15.0. The molecule has 0 amide bonds. The van der Waals surface area contributed by atoms with Crippen LogP contribution in [0, 0.1) is 12.7 Å². The van der Waals surface area contributed by atoms with Crippen LogP contribution < -0.4 is 5.73 Å². The number of hydrogen-bond acceptors (Lipinski definition) is 3. The molecule has 0 saturated heterocycles. The summed E-state index contributed by atoms with van der Waals surface area (Å²) in [6.45, 7) is 3.01. The van der Waals surface area contributed by atoms with E-state index < -0.39 is 5.82 Å². The first-order valence-electron chi connectivity index (χ1n) is 6.41. The summed E-state index contributed by atoms with van der Waals surface area (Å²) in [5.74, 6) is 0.463. The fraction of sp³-hybridized carbons (Fsp3) is 0.333. The maximum absolute atomic E-state index is 13.6. The Morgan fingerprint density at radius 2 is 2.15 bits per heavy atom. The fourth-order valence-corrected chi connectivity index (χ4v) is 2.36. The van der Waals surface area contributed by atoms with Crippen molar-refractivity contribution in [2.45, 2.75) is 19.5 Å². The summed E-state index contributed by atoms with van der Waals surface area (Å²) in [4.78, 5) is 2.07. The van der Waals surface area contributed by atoms with Crippen LogP contribution in [0.4, 0.5) is 4.39 Å². The first-order chi connectivity index (χ1) is 9.52. The Bertz CT molecular complexity index is 585. The molecule has 0 aliphatic heterocycles. The predicted octanol–water partition coefficient (Wildman–Crippen LogP) is 3.51. The Balaban J connectivity index is 2.18. The van der Waals surface area contributed by atoms with Crippen molar-refractivity contribution in [1.29, 1.82) is 0 Å². The number of nitrogens with two attached hydrogens (primary N) is 1. The second kappa shape index (κ2) is 6.39. The molecule has 0 fully saturated rings. The van der Waals surface area contributed by atoms with Crippen LogP contribution in [-0.2, 0) is 6.54 Å². The zero-order valence-electron chi connectivity index (χ0n) is 11.6. The lowest BCUT2D eigenvalue weighted by atomic mass is 10.0. The highest BCUT2D eigenvalue weighted by molar-refractivity contribution is 6.30. The molecule has 0 aliphatic carbocycles. The van der Waals surface area contributed by atoms with Gasteiger partial charge in [-0.3, -0.25) is 4.90 Å². The lowest BCUT2D eigenvalue weighted by molar-refractivity contribution is 0.240. The van der Waals surface area contributed by atoms with Crippen molar-refractivity contribution in [1.82, 2.24) is 4.90 Å². The lowest BCUT2D eigenvalue weighted by Gasteiger charge is -2.27. The van der Waals surface area contributed by atoms with Gasteiger partial charge in [0.1, 0.15) is 11.6 Å². The predicted molar refractivity (Wildman–Crippen MR) is 78.1 cm³/mol. The molecule has 3 nitrogen and oxygen atoms in total. The molecule has 5 heteroatoms. The molecule has 1 atom stereocenters. The summed E-state index contributed by atoms with van der Waals surface area (Å²) >= 11 is 5.71. The van der Waals surface area contributed by atoms with E-state index in [-0.39, 0.29) is 11.1 Å². The second-order valence-electron chi connectivity index (χ2n) is 4.84. The molecule has 1 heterocycles. The van der Waals surface area contributed by atoms with E-state index in [4.69, 9.17) is 21.8 Å². The number of nitrogens with zero attached hydrogens (tertiary/aromatic N) is 1. The third-order valence-electron chi connectivity index (χ3n) is 3.47. The van der Waals surface area contributed by atoms with Crippen LogP contribution >= 0.6 is 11.6 Å². The van der Waals surface area contributed by atoms with Crippen LogP contribution in [0.25, 0.3) is 0 Å². The van der Waals surface area contributed by atoms with Gasteiger partial charge >= 0.3 is 0 Å². The first-order valence-corrected chi connectivity index (χ1v) is 6.79. The third kappa shape index (κ3) is 3.20. The third-order valence-corrected chi connectivity index (χ3v) is 3.78. The van der Waals surface area contributed by atoms with Crippen molar-refractivity contribution in [2.75, 3.05) is 13.6 Å². The average molecular weight is 297 g/mol. The van der Waals surface area contributed by atoms with Gasteiger partial charge < -0.3 is 10.2 Å². The number of halogens is 2. The Hall–Kier alpha value is -1.36. The summed E-state index contributed by atoms with van der Waals surface area (Å²) in [6.07, 6.45) is 1.66. The zero-order valence-corrected chi connectivity index (χ0v) is 12.3. The highest BCUT2D eigenvalue weighted by Crippen LogP contribution is 2.25. The molecule has 2 aromatic rings. The standard InChI is InChI=1S/C15H18ClFN2O/c1-10-12(5-6-20-10)9-19(2)15(8-18)11-3-4-13(16)14(17)7-11/h3-7,15H,8-9,18H2,1-2H3. The number of rotatable bonds is 5. The summed E-state index contributed by atoms with van der Waals surface area (Å²) in [5.41, 5.74) is 7.76. The van der Waals surface area contributed by atoms with Crippen LogP contribution in [-0.4, -0.2) is 18.5 Å². The highest BCUT2D eigenvalue weighted by atomic mass is 35.5. The largest absolute Gasteiger partial charge is 0.469 e. The summed E-state index contributed by atoms with van der Waals surface area (Å²) < 4.78 is 18.9. The van der Waals surface area contributed by atoms with Crippen molar-refractivity contribution in [2.24, 2.45) is 5.73 Å². The van der Waals surface area contributed by atoms with Gasteiger partial charge in [-0.2, -0.15) is 0 Å². The van der Waals surface area contributed by atoms with Crippen molar-refractivity contribution in [3.05, 3.63) is 58.3 Å². The number of aryl methyl sites for hydroxylation is 1.